The third kappa shape index (κ3) is 6.33. The van der Waals surface area contributed by atoms with Crippen LogP contribution in [0.3, 0.4) is 0 Å². The molecule has 0 saturated carbocycles. The predicted octanol–water partition coefficient (Wildman–Crippen LogP) is 2.17. The molecule has 1 rings (SSSR count). The Hall–Kier alpha value is -1.86. The van der Waals surface area contributed by atoms with Crippen LogP contribution in [0.2, 0.25) is 0 Å². The van der Waals surface area contributed by atoms with Gasteiger partial charge in [-0.05, 0) is 49.6 Å². The Kier molecular flexibility index (Phi) is 7.94. The maximum atomic E-state index is 12.0. The summed E-state index contributed by atoms with van der Waals surface area (Å²) in [6.45, 7) is 4.91. The molecule has 24 heavy (non-hydrogen) atoms. The lowest BCUT2D eigenvalue weighted by molar-refractivity contribution is -0.116. The highest BCUT2D eigenvalue weighted by molar-refractivity contribution is 7.89. The van der Waals surface area contributed by atoms with E-state index in [-0.39, 0.29) is 16.6 Å². The molecule has 0 heterocycles. The molecule has 0 atom stereocenters. The van der Waals surface area contributed by atoms with Crippen molar-refractivity contribution < 1.29 is 17.9 Å². The number of ether oxygens (including phenoxy) is 1. The fraction of sp³-hybridized carbons (Fsp3) is 0.471. The Morgan fingerprint density at radius 2 is 2.04 bits per heavy atom. The minimum absolute atomic E-state index is 0.0343. The van der Waals surface area contributed by atoms with E-state index in [2.05, 4.69) is 23.9 Å². The lowest BCUT2D eigenvalue weighted by atomic mass is 10.1. The summed E-state index contributed by atoms with van der Waals surface area (Å²) in [5.74, 6) is 0.663. The zero-order valence-corrected chi connectivity index (χ0v) is 15.4. The molecule has 2 N–H and O–H groups in total. The molecule has 0 radical (unpaired) electrons. The van der Waals surface area contributed by atoms with Crippen molar-refractivity contribution in [3.05, 3.63) is 29.8 Å². The summed E-state index contributed by atoms with van der Waals surface area (Å²) in [5, 5.41) is 2.81. The topological polar surface area (TPSA) is 84.5 Å². The van der Waals surface area contributed by atoms with Crippen LogP contribution in [0, 0.1) is 5.92 Å². The van der Waals surface area contributed by atoms with E-state index < -0.39 is 10.0 Å². The minimum atomic E-state index is -3.64. The van der Waals surface area contributed by atoms with E-state index in [4.69, 9.17) is 4.74 Å². The molecule has 0 aliphatic rings. The Labute approximate surface area is 144 Å². The van der Waals surface area contributed by atoms with Gasteiger partial charge in [-0.3, -0.25) is 4.79 Å². The van der Waals surface area contributed by atoms with E-state index in [1.54, 1.807) is 18.2 Å². The minimum Gasteiger partial charge on any atom is -0.495 e. The summed E-state index contributed by atoms with van der Waals surface area (Å²) in [6.07, 6.45) is 4.97. The van der Waals surface area contributed by atoms with Gasteiger partial charge in [-0.1, -0.05) is 19.9 Å². The van der Waals surface area contributed by atoms with Gasteiger partial charge in [0.05, 0.1) is 7.11 Å². The summed E-state index contributed by atoms with van der Waals surface area (Å²) >= 11 is 0. The van der Waals surface area contributed by atoms with Gasteiger partial charge in [0.25, 0.3) is 0 Å². The highest BCUT2D eigenvalue weighted by Crippen LogP contribution is 2.25. The molecular weight excluding hydrogens is 328 g/mol. The Morgan fingerprint density at radius 3 is 2.62 bits per heavy atom. The molecule has 0 bridgehead atoms. The molecule has 1 amide bonds. The van der Waals surface area contributed by atoms with Crippen LogP contribution in [0.4, 0.5) is 0 Å². The van der Waals surface area contributed by atoms with E-state index in [0.717, 1.165) is 12.8 Å². The number of carbonyl (C=O) groups is 1. The fourth-order valence-electron chi connectivity index (χ4n) is 2.07. The molecular formula is C17H26N2O4S. The first-order chi connectivity index (χ1) is 11.3. The van der Waals surface area contributed by atoms with Gasteiger partial charge in [-0.15, -0.1) is 0 Å². The average Bonchev–Trinajstić information content (AvgIpc) is 2.56. The van der Waals surface area contributed by atoms with Crippen molar-refractivity contribution in [2.45, 2.75) is 31.6 Å². The number of hydrogen-bond acceptors (Lipinski definition) is 4. The Bertz CT molecular complexity index is 682. The Balaban J connectivity index is 2.77. The van der Waals surface area contributed by atoms with Crippen LogP contribution in [0.1, 0.15) is 32.3 Å². The van der Waals surface area contributed by atoms with Crippen molar-refractivity contribution in [1.29, 1.82) is 0 Å². The summed E-state index contributed by atoms with van der Waals surface area (Å²) in [7, 11) is -0.895. The van der Waals surface area contributed by atoms with E-state index in [9.17, 15) is 13.2 Å². The average molecular weight is 354 g/mol. The molecule has 0 aliphatic carbocycles. The fourth-order valence-corrected chi connectivity index (χ4v) is 3.00. The van der Waals surface area contributed by atoms with Crippen LogP contribution in [0.5, 0.6) is 5.75 Å². The number of methoxy groups -OCH3 is 1. The third-order valence-corrected chi connectivity index (χ3v) is 4.87. The van der Waals surface area contributed by atoms with Crippen molar-refractivity contribution in [2.75, 3.05) is 20.7 Å². The molecule has 0 aromatic heterocycles. The Morgan fingerprint density at radius 1 is 1.33 bits per heavy atom. The van der Waals surface area contributed by atoms with Crippen LogP contribution in [0.25, 0.3) is 6.08 Å². The first kappa shape index (κ1) is 20.2. The third-order valence-electron chi connectivity index (χ3n) is 3.43. The SMILES string of the molecule is CNS(=O)(=O)c1cc(/C=C/C(=O)NCCCC(C)C)ccc1OC. The largest absolute Gasteiger partial charge is 0.495 e. The van der Waals surface area contributed by atoms with E-state index >= 15 is 0 Å². The van der Waals surface area contributed by atoms with Crippen molar-refractivity contribution in [1.82, 2.24) is 10.0 Å². The summed E-state index contributed by atoms with van der Waals surface area (Å²) in [4.78, 5) is 11.8. The van der Waals surface area contributed by atoms with Crippen LogP contribution in [-0.2, 0) is 14.8 Å². The molecule has 0 unspecified atom stereocenters. The summed E-state index contributed by atoms with van der Waals surface area (Å²) < 4.78 is 31.3. The molecule has 7 heteroatoms. The highest BCUT2D eigenvalue weighted by Gasteiger charge is 2.17. The monoisotopic (exact) mass is 354 g/mol. The molecule has 0 aliphatic heterocycles. The number of sulfonamides is 1. The van der Waals surface area contributed by atoms with Crippen molar-refractivity contribution in [2.24, 2.45) is 5.92 Å². The highest BCUT2D eigenvalue weighted by atomic mass is 32.2. The zero-order chi connectivity index (χ0) is 18.2. The maximum Gasteiger partial charge on any atom is 0.244 e. The van der Waals surface area contributed by atoms with Gasteiger partial charge in [-0.2, -0.15) is 0 Å². The van der Waals surface area contributed by atoms with Crippen LogP contribution in [0.15, 0.2) is 29.2 Å². The number of benzene rings is 1. The second-order valence-electron chi connectivity index (χ2n) is 5.78. The molecule has 0 saturated heterocycles. The van der Waals surface area contributed by atoms with Crippen LogP contribution >= 0.6 is 0 Å². The van der Waals surface area contributed by atoms with Gasteiger partial charge in [0, 0.05) is 12.6 Å². The first-order valence-electron chi connectivity index (χ1n) is 7.87. The first-order valence-corrected chi connectivity index (χ1v) is 9.36. The number of amides is 1. The van der Waals surface area contributed by atoms with Gasteiger partial charge in [0.15, 0.2) is 0 Å². The second-order valence-corrected chi connectivity index (χ2v) is 7.63. The van der Waals surface area contributed by atoms with Crippen molar-refractivity contribution in [3.63, 3.8) is 0 Å². The molecule has 6 nitrogen and oxygen atoms in total. The van der Waals surface area contributed by atoms with Gasteiger partial charge in [0.1, 0.15) is 10.6 Å². The lowest BCUT2D eigenvalue weighted by Crippen LogP contribution is -2.22. The number of carbonyl (C=O) groups excluding carboxylic acids is 1. The smallest absolute Gasteiger partial charge is 0.244 e. The molecule has 0 spiro atoms. The predicted molar refractivity (Wildman–Crippen MR) is 95.4 cm³/mol. The van der Waals surface area contributed by atoms with E-state index in [0.29, 0.717) is 18.0 Å². The maximum absolute atomic E-state index is 12.0. The zero-order valence-electron chi connectivity index (χ0n) is 14.6. The van der Waals surface area contributed by atoms with Crippen LogP contribution < -0.4 is 14.8 Å². The van der Waals surface area contributed by atoms with Crippen LogP contribution in [-0.4, -0.2) is 35.0 Å². The number of hydrogen-bond donors (Lipinski definition) is 2. The van der Waals surface area contributed by atoms with Gasteiger partial charge in [-0.25, -0.2) is 13.1 Å². The quantitative estimate of drug-likeness (QED) is 0.526. The van der Waals surface area contributed by atoms with Crippen molar-refractivity contribution >= 4 is 22.0 Å². The summed E-state index contributed by atoms with van der Waals surface area (Å²) in [6, 6.07) is 4.72. The second kappa shape index (κ2) is 9.44. The lowest BCUT2D eigenvalue weighted by Gasteiger charge is -2.09. The van der Waals surface area contributed by atoms with E-state index in [1.165, 1.54) is 26.3 Å². The normalized spacial score (nSPS) is 11.9. The van der Waals surface area contributed by atoms with Gasteiger partial charge < -0.3 is 10.1 Å². The molecule has 1 aromatic carbocycles. The summed E-state index contributed by atoms with van der Waals surface area (Å²) in [5.41, 5.74) is 0.599. The standard InChI is InChI=1S/C17H26N2O4S/c1-13(2)6-5-11-19-17(20)10-8-14-7-9-15(23-4)16(12-14)24(21,22)18-3/h7-10,12-13,18H,5-6,11H2,1-4H3,(H,19,20)/b10-8+. The molecule has 1 aromatic rings. The number of nitrogens with one attached hydrogen (secondary N) is 2. The van der Waals surface area contributed by atoms with Gasteiger partial charge >= 0.3 is 0 Å². The van der Waals surface area contributed by atoms with Gasteiger partial charge in [0.2, 0.25) is 15.9 Å². The van der Waals surface area contributed by atoms with Crippen molar-refractivity contribution in [3.8, 4) is 5.75 Å². The molecule has 0 fully saturated rings. The van der Waals surface area contributed by atoms with E-state index in [1.807, 2.05) is 0 Å². The molecule has 134 valence electrons. The number of rotatable bonds is 9.